The fourth-order valence-corrected chi connectivity index (χ4v) is 4.62. The highest BCUT2D eigenvalue weighted by Gasteiger charge is 2.16. The number of rotatable bonds is 17. The topological polar surface area (TPSA) is 101 Å². The molecule has 0 aromatic carbocycles. The Bertz CT molecular complexity index is 640. The summed E-state index contributed by atoms with van der Waals surface area (Å²) in [6, 6.07) is 1.43. The third-order valence-electron chi connectivity index (χ3n) is 6.71. The van der Waals surface area contributed by atoms with Crippen molar-refractivity contribution in [3.63, 3.8) is 0 Å². The zero-order valence-corrected chi connectivity index (χ0v) is 24.0. The van der Waals surface area contributed by atoms with Crippen LogP contribution in [0.25, 0.3) is 0 Å². The van der Waals surface area contributed by atoms with Crippen molar-refractivity contribution in [3.8, 4) is 0 Å². The van der Waals surface area contributed by atoms with Gasteiger partial charge in [-0.25, -0.2) is 0 Å². The second-order valence-electron chi connectivity index (χ2n) is 11.8. The number of hydrogen-bond donors (Lipinski definition) is 2. The molecule has 0 aromatic rings. The third kappa shape index (κ3) is 19.0. The van der Waals surface area contributed by atoms with E-state index in [0.717, 1.165) is 38.6 Å². The molecule has 0 radical (unpaired) electrons. The summed E-state index contributed by atoms with van der Waals surface area (Å²) in [6.07, 6.45) is 18.4. The molecule has 2 aliphatic rings. The molecule has 2 rings (SSSR count). The molecule has 2 N–H and O–H groups in total. The Kier molecular flexibility index (Phi) is 18.1. The first-order valence-corrected chi connectivity index (χ1v) is 14.4. The number of nitrogens with one attached hydrogen (secondary N) is 2. The summed E-state index contributed by atoms with van der Waals surface area (Å²) in [4.78, 5) is 29.1. The summed E-state index contributed by atoms with van der Waals surface area (Å²) in [5.74, 6) is 0. The maximum Gasteiger partial charge on any atom is 0.293 e. The number of ether oxygens (including phenoxy) is 2. The van der Waals surface area contributed by atoms with Crippen molar-refractivity contribution in [3.05, 3.63) is 0 Å². The maximum absolute atomic E-state index is 10.1. The molecule has 2 saturated carbocycles. The highest BCUT2D eigenvalue weighted by atomic mass is 16.5. The molecule has 0 heterocycles. The average molecular weight is 523 g/mol. The van der Waals surface area contributed by atoms with Crippen molar-refractivity contribution in [2.45, 2.75) is 110 Å². The van der Waals surface area contributed by atoms with Crippen molar-refractivity contribution in [2.24, 2.45) is 20.8 Å². The van der Waals surface area contributed by atoms with Gasteiger partial charge in [-0.15, -0.1) is 0 Å². The van der Waals surface area contributed by atoms with Crippen LogP contribution in [-0.4, -0.2) is 76.9 Å². The lowest BCUT2D eigenvalue weighted by molar-refractivity contribution is -0.131. The first-order chi connectivity index (χ1) is 17.8. The summed E-state index contributed by atoms with van der Waals surface area (Å²) in [5.41, 5.74) is -0.344. The smallest absolute Gasteiger partial charge is 0.293 e. The highest BCUT2D eigenvalue weighted by Crippen LogP contribution is 2.18. The minimum absolute atomic E-state index is 0.169. The van der Waals surface area contributed by atoms with E-state index in [0.29, 0.717) is 32.2 Å². The van der Waals surface area contributed by atoms with Crippen LogP contribution < -0.4 is 10.6 Å². The molecule has 37 heavy (non-hydrogen) atoms. The molecule has 2 aliphatic carbocycles. The fraction of sp³-hybridized carbons (Fsp3) is 0.862. The van der Waals surface area contributed by atoms with E-state index in [2.05, 4.69) is 20.6 Å². The molecule has 0 aromatic heterocycles. The summed E-state index contributed by atoms with van der Waals surface area (Å²) in [6.45, 7) is 13.4. The van der Waals surface area contributed by atoms with Gasteiger partial charge in [0, 0.05) is 48.4 Å². The van der Waals surface area contributed by atoms with Crippen LogP contribution in [-0.2, 0) is 19.1 Å². The SMILES string of the molecule is CC(C)(C=NCCCNC1CCCCC1)COC=O.CC(C)(C=NCCNC1CCCCC1)COC=O. The molecule has 0 bridgehead atoms. The van der Waals surface area contributed by atoms with Crippen molar-refractivity contribution in [2.75, 3.05) is 39.4 Å². The molecule has 0 amide bonds. The lowest BCUT2D eigenvalue weighted by Gasteiger charge is -2.22. The van der Waals surface area contributed by atoms with Gasteiger partial charge < -0.3 is 20.1 Å². The lowest BCUT2D eigenvalue weighted by Crippen LogP contribution is -2.33. The number of hydrogen-bond acceptors (Lipinski definition) is 8. The lowest BCUT2D eigenvalue weighted by atomic mass is 9.95. The molecule has 8 nitrogen and oxygen atoms in total. The Labute approximate surface area is 225 Å². The van der Waals surface area contributed by atoms with Crippen LogP contribution in [0.2, 0.25) is 0 Å². The van der Waals surface area contributed by atoms with Gasteiger partial charge in [0.2, 0.25) is 0 Å². The van der Waals surface area contributed by atoms with Gasteiger partial charge in [-0.3, -0.25) is 19.6 Å². The van der Waals surface area contributed by atoms with E-state index in [1.807, 2.05) is 40.1 Å². The van der Waals surface area contributed by atoms with Crippen LogP contribution >= 0.6 is 0 Å². The van der Waals surface area contributed by atoms with E-state index in [-0.39, 0.29) is 10.8 Å². The third-order valence-corrected chi connectivity index (χ3v) is 6.71. The normalized spacial score (nSPS) is 17.9. The number of aliphatic imine (C=N–C) groups is 2. The van der Waals surface area contributed by atoms with E-state index in [1.54, 1.807) is 0 Å². The van der Waals surface area contributed by atoms with Gasteiger partial charge >= 0.3 is 0 Å². The van der Waals surface area contributed by atoms with Crippen molar-refractivity contribution in [1.29, 1.82) is 0 Å². The molecule has 214 valence electrons. The van der Waals surface area contributed by atoms with Gasteiger partial charge in [-0.2, -0.15) is 0 Å². The fourth-order valence-electron chi connectivity index (χ4n) is 4.62. The van der Waals surface area contributed by atoms with Crippen molar-refractivity contribution < 1.29 is 19.1 Å². The largest absolute Gasteiger partial charge is 0.467 e. The maximum atomic E-state index is 10.1. The van der Waals surface area contributed by atoms with E-state index >= 15 is 0 Å². The second-order valence-corrected chi connectivity index (χ2v) is 11.8. The van der Waals surface area contributed by atoms with E-state index in [4.69, 9.17) is 9.47 Å². The molecule has 0 spiro atoms. The molecule has 8 heteroatoms. The zero-order chi connectivity index (χ0) is 27.2. The monoisotopic (exact) mass is 522 g/mol. The Morgan fingerprint density at radius 1 is 0.676 bits per heavy atom. The highest BCUT2D eigenvalue weighted by molar-refractivity contribution is 5.65. The summed E-state index contributed by atoms with van der Waals surface area (Å²) < 4.78 is 9.53. The standard InChI is InChI=1S/C15H28N2O2.C14H26N2O2/c1-15(2,12-19-13-18)11-16-9-6-10-17-14-7-4-3-5-8-14;1-14(2,11-18-12-17)10-15-8-9-16-13-6-4-3-5-7-13/h11,13-14,17H,3-10,12H2,1-2H3;10,12-13,16H,3-9,11H2,1-2H3. The molecular weight excluding hydrogens is 468 g/mol. The zero-order valence-electron chi connectivity index (χ0n) is 24.0. The second kappa shape index (κ2) is 20.2. The number of nitrogens with zero attached hydrogens (tertiary/aromatic N) is 2. The summed E-state index contributed by atoms with van der Waals surface area (Å²) >= 11 is 0. The minimum Gasteiger partial charge on any atom is -0.467 e. The first kappa shape index (κ1) is 33.2. The van der Waals surface area contributed by atoms with Crippen LogP contribution in [0.5, 0.6) is 0 Å². The van der Waals surface area contributed by atoms with E-state index in [1.165, 1.54) is 64.2 Å². The molecule has 2 fully saturated rings. The van der Waals surface area contributed by atoms with Crippen LogP contribution in [0.4, 0.5) is 0 Å². The van der Waals surface area contributed by atoms with Crippen molar-refractivity contribution >= 4 is 25.4 Å². The molecule has 0 saturated heterocycles. The number of carbonyl (C=O) groups excluding carboxylic acids is 2. The minimum atomic E-state index is -0.175. The van der Waals surface area contributed by atoms with Crippen LogP contribution in [0.1, 0.15) is 98.3 Å². The summed E-state index contributed by atoms with van der Waals surface area (Å²) in [5, 5.41) is 7.16. The Morgan fingerprint density at radius 3 is 1.57 bits per heavy atom. The predicted molar refractivity (Wildman–Crippen MR) is 153 cm³/mol. The quantitative estimate of drug-likeness (QED) is 0.162. The van der Waals surface area contributed by atoms with Crippen LogP contribution in [0.15, 0.2) is 9.98 Å². The average Bonchev–Trinajstić information content (AvgIpc) is 2.90. The molecule has 0 unspecified atom stereocenters. The van der Waals surface area contributed by atoms with Crippen LogP contribution in [0.3, 0.4) is 0 Å². The predicted octanol–water partition coefficient (Wildman–Crippen LogP) is 4.75. The Hall–Kier alpha value is -1.80. The Balaban J connectivity index is 0.000000371. The van der Waals surface area contributed by atoms with Gasteiger partial charge in [0.15, 0.2) is 0 Å². The van der Waals surface area contributed by atoms with Gasteiger partial charge in [0.25, 0.3) is 12.9 Å². The van der Waals surface area contributed by atoms with Crippen molar-refractivity contribution in [1.82, 2.24) is 10.6 Å². The van der Waals surface area contributed by atoms with Gasteiger partial charge in [-0.1, -0.05) is 66.2 Å². The van der Waals surface area contributed by atoms with Crippen LogP contribution in [0, 0.1) is 10.8 Å². The van der Waals surface area contributed by atoms with E-state index < -0.39 is 0 Å². The number of carbonyl (C=O) groups is 2. The van der Waals surface area contributed by atoms with Gasteiger partial charge in [0.1, 0.15) is 13.2 Å². The van der Waals surface area contributed by atoms with Gasteiger partial charge in [0.05, 0.1) is 6.54 Å². The molecule has 0 aliphatic heterocycles. The molecular formula is C29H54N4O4. The van der Waals surface area contributed by atoms with Gasteiger partial charge in [-0.05, 0) is 38.6 Å². The Morgan fingerprint density at radius 2 is 1.11 bits per heavy atom. The first-order valence-electron chi connectivity index (χ1n) is 14.4. The van der Waals surface area contributed by atoms with E-state index in [9.17, 15) is 9.59 Å². The molecule has 0 atom stereocenters. The summed E-state index contributed by atoms with van der Waals surface area (Å²) in [7, 11) is 0.